The lowest BCUT2D eigenvalue weighted by Crippen LogP contribution is -2.06. The molecule has 3 heterocycles. The van der Waals surface area contributed by atoms with E-state index in [9.17, 15) is 26.3 Å². The van der Waals surface area contributed by atoms with Crippen LogP contribution in [0.2, 0.25) is 10.3 Å². The highest BCUT2D eigenvalue weighted by atomic mass is 35.5. The van der Waals surface area contributed by atoms with Crippen LogP contribution < -0.4 is 11.1 Å². The average molecular weight is 561 g/mol. The second kappa shape index (κ2) is 9.42. The molecule has 2 aromatic carbocycles. The van der Waals surface area contributed by atoms with E-state index in [2.05, 4.69) is 20.3 Å². The summed E-state index contributed by atoms with van der Waals surface area (Å²) in [5.41, 5.74) is 6.38. The summed E-state index contributed by atoms with van der Waals surface area (Å²) in [4.78, 5) is 11.9. The topological polar surface area (TPSA) is 81.6 Å². The van der Waals surface area contributed by atoms with Gasteiger partial charge in [0.1, 0.15) is 5.52 Å². The Balaban J connectivity index is 0.000000173. The first-order chi connectivity index (χ1) is 17.2. The number of nitrogens with zero attached hydrogens (tertiary/aromatic N) is 4. The summed E-state index contributed by atoms with van der Waals surface area (Å²) in [6, 6.07) is 6.67. The first-order valence-corrected chi connectivity index (χ1v) is 11.1. The number of aryl methyl sites for hydroxylation is 1. The van der Waals surface area contributed by atoms with Crippen LogP contribution in [0.3, 0.4) is 0 Å². The number of rotatable bonds is 1. The average Bonchev–Trinajstić information content (AvgIpc) is 3.21. The molecular weight excluding hydrogens is 545 g/mol. The van der Waals surface area contributed by atoms with Crippen molar-refractivity contribution in [2.45, 2.75) is 12.4 Å². The molecule has 6 nitrogen and oxygen atoms in total. The van der Waals surface area contributed by atoms with Gasteiger partial charge in [-0.15, -0.1) is 0 Å². The van der Waals surface area contributed by atoms with Crippen LogP contribution >= 0.6 is 23.2 Å². The van der Waals surface area contributed by atoms with Gasteiger partial charge >= 0.3 is 12.4 Å². The second-order valence-electron chi connectivity index (χ2n) is 7.86. The SMILES string of the molecule is CNc1c(N)c(Cl)nc2cc(C(F)(F)F)ccc12.Cn1cnc2c(Cl)nc3cc(C(F)(F)F)ccc3c21. The van der Waals surface area contributed by atoms with Gasteiger partial charge in [0.15, 0.2) is 10.3 Å². The molecule has 3 N–H and O–H groups in total. The van der Waals surface area contributed by atoms with Crippen LogP contribution in [0, 0.1) is 0 Å². The molecule has 0 aliphatic rings. The van der Waals surface area contributed by atoms with Crippen LogP contribution in [0.4, 0.5) is 37.7 Å². The molecule has 0 aliphatic heterocycles. The van der Waals surface area contributed by atoms with Gasteiger partial charge in [-0.1, -0.05) is 35.3 Å². The van der Waals surface area contributed by atoms with Gasteiger partial charge in [-0.2, -0.15) is 26.3 Å². The van der Waals surface area contributed by atoms with Crippen LogP contribution in [0.1, 0.15) is 11.1 Å². The fraction of sp³-hybridized carbons (Fsp3) is 0.174. The maximum absolute atomic E-state index is 12.7. The van der Waals surface area contributed by atoms with E-state index in [-0.39, 0.29) is 27.0 Å². The molecule has 37 heavy (non-hydrogen) atoms. The number of aromatic nitrogens is 4. The number of anilines is 2. The van der Waals surface area contributed by atoms with Gasteiger partial charge in [-0.25, -0.2) is 15.0 Å². The summed E-state index contributed by atoms with van der Waals surface area (Å²) < 4.78 is 77.5. The number of hydrogen-bond donors (Lipinski definition) is 2. The fourth-order valence-electron chi connectivity index (χ4n) is 3.75. The lowest BCUT2D eigenvalue weighted by Gasteiger charge is -2.12. The molecule has 0 spiro atoms. The van der Waals surface area contributed by atoms with Crippen LogP contribution in [0.15, 0.2) is 42.7 Å². The van der Waals surface area contributed by atoms with Crippen molar-refractivity contribution in [1.29, 1.82) is 0 Å². The van der Waals surface area contributed by atoms with Crippen molar-refractivity contribution in [2.24, 2.45) is 7.05 Å². The third-order valence-corrected chi connectivity index (χ3v) is 6.04. The Morgan fingerprint density at radius 2 is 1.35 bits per heavy atom. The van der Waals surface area contributed by atoms with E-state index in [0.29, 0.717) is 27.5 Å². The summed E-state index contributed by atoms with van der Waals surface area (Å²) in [5, 5.41) is 3.97. The van der Waals surface area contributed by atoms with Crippen LogP contribution in [0.25, 0.3) is 32.8 Å². The molecule has 0 saturated carbocycles. The van der Waals surface area contributed by atoms with Gasteiger partial charge in [-0.05, 0) is 24.3 Å². The zero-order chi connectivity index (χ0) is 27.3. The van der Waals surface area contributed by atoms with Gasteiger partial charge < -0.3 is 15.6 Å². The van der Waals surface area contributed by atoms with E-state index in [1.807, 2.05) is 0 Å². The monoisotopic (exact) mass is 560 g/mol. The lowest BCUT2D eigenvalue weighted by molar-refractivity contribution is -0.138. The molecular formula is C23H16Cl2F6N6. The number of nitrogens with two attached hydrogens (primary N) is 1. The van der Waals surface area contributed by atoms with E-state index in [4.69, 9.17) is 28.9 Å². The number of hydrogen-bond acceptors (Lipinski definition) is 5. The second-order valence-corrected chi connectivity index (χ2v) is 8.57. The Labute approximate surface area is 215 Å². The number of halogens is 8. The minimum Gasteiger partial charge on any atom is -0.395 e. The molecule has 5 rings (SSSR count). The van der Waals surface area contributed by atoms with Crippen LogP contribution in [-0.2, 0) is 19.4 Å². The molecule has 0 saturated heterocycles. The zero-order valence-corrected chi connectivity index (χ0v) is 20.4. The van der Waals surface area contributed by atoms with E-state index >= 15 is 0 Å². The summed E-state index contributed by atoms with van der Waals surface area (Å²) in [6.45, 7) is 0. The molecule has 0 fully saturated rings. The number of nitrogen functional groups attached to an aromatic ring is 1. The predicted molar refractivity (Wildman–Crippen MR) is 132 cm³/mol. The summed E-state index contributed by atoms with van der Waals surface area (Å²) in [6.07, 6.45) is -7.26. The molecule has 194 valence electrons. The summed E-state index contributed by atoms with van der Waals surface area (Å²) >= 11 is 11.7. The number of pyridine rings is 2. The smallest absolute Gasteiger partial charge is 0.395 e. The minimum absolute atomic E-state index is 0.0221. The quantitative estimate of drug-likeness (QED) is 0.166. The van der Waals surface area contributed by atoms with E-state index in [0.717, 1.165) is 24.3 Å². The number of alkyl halides is 6. The molecule has 0 unspecified atom stereocenters. The van der Waals surface area contributed by atoms with Crippen molar-refractivity contribution in [3.8, 4) is 0 Å². The summed E-state index contributed by atoms with van der Waals surface area (Å²) in [7, 11) is 3.36. The molecule has 0 radical (unpaired) electrons. The number of nitrogens with one attached hydrogen (secondary N) is 1. The molecule has 3 aromatic heterocycles. The summed E-state index contributed by atoms with van der Waals surface area (Å²) in [5.74, 6) is 0. The standard InChI is InChI=1S/C12H7ClF3N3.C11H9ClF3N3/c1-19-5-17-9-10(19)7-3-2-6(12(14,15)16)4-8(7)18-11(9)13;1-17-9-6-3-2-5(11(13,14)15)4-7(6)18-10(12)8(9)16/h2-5H,1H3;2-4H,16H2,1H3,(H,17,18). The van der Waals surface area contributed by atoms with E-state index in [1.54, 1.807) is 25.0 Å². The molecule has 5 aromatic rings. The highest BCUT2D eigenvalue weighted by molar-refractivity contribution is 6.35. The van der Waals surface area contributed by atoms with Crippen molar-refractivity contribution < 1.29 is 26.3 Å². The number of benzene rings is 2. The normalized spacial score (nSPS) is 12.2. The Morgan fingerprint density at radius 3 is 1.89 bits per heavy atom. The third-order valence-electron chi connectivity index (χ3n) is 5.49. The maximum atomic E-state index is 12.7. The van der Waals surface area contributed by atoms with Gasteiger partial charge in [0.05, 0.1) is 45.4 Å². The number of fused-ring (bicyclic) bond motifs is 4. The van der Waals surface area contributed by atoms with Crippen molar-refractivity contribution in [3.63, 3.8) is 0 Å². The van der Waals surface area contributed by atoms with E-state index in [1.165, 1.54) is 12.1 Å². The Morgan fingerprint density at radius 1 is 0.838 bits per heavy atom. The Hall–Kier alpha value is -3.51. The van der Waals surface area contributed by atoms with Gasteiger partial charge in [0.25, 0.3) is 0 Å². The lowest BCUT2D eigenvalue weighted by atomic mass is 10.1. The highest BCUT2D eigenvalue weighted by Crippen LogP contribution is 2.37. The van der Waals surface area contributed by atoms with Crippen molar-refractivity contribution in [3.05, 3.63) is 64.2 Å². The fourth-order valence-corrected chi connectivity index (χ4v) is 4.17. The molecule has 0 aliphatic carbocycles. The van der Waals surface area contributed by atoms with Gasteiger partial charge in [0, 0.05) is 24.9 Å². The maximum Gasteiger partial charge on any atom is 0.416 e. The first-order valence-electron chi connectivity index (χ1n) is 10.3. The van der Waals surface area contributed by atoms with Gasteiger partial charge in [0.2, 0.25) is 0 Å². The van der Waals surface area contributed by atoms with E-state index < -0.39 is 23.5 Å². The Kier molecular flexibility index (Phi) is 6.76. The first kappa shape index (κ1) is 26.6. The molecule has 0 bridgehead atoms. The van der Waals surface area contributed by atoms with Crippen molar-refractivity contribution in [1.82, 2.24) is 19.5 Å². The van der Waals surface area contributed by atoms with Gasteiger partial charge in [-0.3, -0.25) is 0 Å². The number of imidazole rings is 1. The van der Waals surface area contributed by atoms with Crippen molar-refractivity contribution >= 4 is 67.4 Å². The highest BCUT2D eigenvalue weighted by Gasteiger charge is 2.32. The molecule has 0 amide bonds. The Bertz CT molecular complexity index is 1650. The zero-order valence-electron chi connectivity index (χ0n) is 18.9. The largest absolute Gasteiger partial charge is 0.416 e. The van der Waals surface area contributed by atoms with Crippen LogP contribution in [-0.4, -0.2) is 26.6 Å². The van der Waals surface area contributed by atoms with Crippen LogP contribution in [0.5, 0.6) is 0 Å². The molecule has 14 heteroatoms. The van der Waals surface area contributed by atoms with Crippen molar-refractivity contribution in [2.75, 3.05) is 18.1 Å². The minimum atomic E-state index is -4.41. The third kappa shape index (κ3) is 5.03. The molecule has 0 atom stereocenters. The predicted octanol–water partition coefficient (Wildman–Crippen LogP) is 7.32.